The first-order valence-corrected chi connectivity index (χ1v) is 22.9. The Bertz CT molecular complexity index is 2100. The molecule has 7 N–H and O–H groups in total. The summed E-state index contributed by atoms with van der Waals surface area (Å²) in [5.41, 5.74) is 0. The number of carbonyl (C=O) groups excluding carboxylic acids is 13. The molecule has 0 spiro atoms. The van der Waals surface area contributed by atoms with Crippen LogP contribution in [-0.2, 0) is 81.5 Å². The van der Waals surface area contributed by atoms with Crippen molar-refractivity contribution in [3.63, 3.8) is 0 Å². The van der Waals surface area contributed by atoms with Crippen molar-refractivity contribution in [3.8, 4) is 0 Å². The van der Waals surface area contributed by atoms with Gasteiger partial charge in [0.1, 0.15) is 36.4 Å². The van der Waals surface area contributed by atoms with Crippen molar-refractivity contribution >= 4 is 76.9 Å². The summed E-state index contributed by atoms with van der Waals surface area (Å²) in [5, 5.41) is 27.3. The zero-order chi connectivity index (χ0) is 52.4. The molecule has 4 heterocycles. The molecule has 0 aromatic heterocycles. The third-order valence-corrected chi connectivity index (χ3v) is 10.9. The molecule has 7 atom stereocenters. The fraction of sp³-hybridized carbons (Fsp3) is 0.605. The first kappa shape index (κ1) is 56.4. The Kier molecular flexibility index (Phi) is 21.7. The normalized spacial score (nSPS) is 19.1. The van der Waals surface area contributed by atoms with Crippen LogP contribution in [0, 0.1) is 0 Å². The average molecular weight is 1010 g/mol. The molecule has 4 rings (SSSR count). The number of nitrogens with zero attached hydrogens (tertiary/aromatic N) is 4. The van der Waals surface area contributed by atoms with Crippen molar-refractivity contribution in [2.24, 2.45) is 0 Å². The standard InChI is InChI=1S/C43H60N10O18/c1-24(39(63)49-27(4)43(67)71-53-36(61)13-14-37(53)62)46-29(54)7-6-19-68-22-17-45-41(65)38(52-34(59)11-12-35(52)60)28(51-32(57)9-10-33(51)58)23-44-16-21-69-20-15-30(55)47-25(2)40(64)48-26(3)42(66)70-50-18-5-8-31(50)56/h9-12,24-28,34,38,44,59H,5-8,13-23H2,1-4H3,(H,45,65)(H,46,54)(H,47,55)(H,48,64)(H,49,63). The predicted molar refractivity (Wildman–Crippen MR) is 237 cm³/mol. The molecule has 2 fully saturated rings. The van der Waals surface area contributed by atoms with E-state index in [0.29, 0.717) is 11.5 Å². The second-order valence-electron chi connectivity index (χ2n) is 16.5. The summed E-state index contributed by atoms with van der Waals surface area (Å²) < 4.78 is 11.1. The van der Waals surface area contributed by atoms with Crippen molar-refractivity contribution in [2.45, 2.75) is 115 Å². The first-order valence-electron chi connectivity index (χ1n) is 22.9. The molecular weight excluding hydrogens is 945 g/mol. The summed E-state index contributed by atoms with van der Waals surface area (Å²) in [7, 11) is 0. The van der Waals surface area contributed by atoms with Crippen molar-refractivity contribution in [3.05, 3.63) is 24.3 Å². The molecular formula is C43H60N10O18. The number of hydrogen-bond donors (Lipinski definition) is 7. The number of amides is 11. The Balaban J connectivity index is 1.18. The number of imide groups is 2. The van der Waals surface area contributed by atoms with Crippen molar-refractivity contribution in [1.29, 1.82) is 0 Å². The van der Waals surface area contributed by atoms with Crippen LogP contribution in [0.2, 0.25) is 0 Å². The molecule has 0 aromatic rings. The quantitative estimate of drug-likeness (QED) is 0.0272. The maximum Gasteiger partial charge on any atom is 0.354 e. The third-order valence-electron chi connectivity index (χ3n) is 10.9. The largest absolute Gasteiger partial charge is 0.380 e. The summed E-state index contributed by atoms with van der Waals surface area (Å²) in [4.78, 5) is 174. The summed E-state index contributed by atoms with van der Waals surface area (Å²) in [6.45, 7) is 5.13. The molecule has 4 aliphatic rings. The van der Waals surface area contributed by atoms with Gasteiger partial charge in [-0.1, -0.05) is 0 Å². The van der Waals surface area contributed by atoms with Gasteiger partial charge in [0.25, 0.3) is 29.5 Å². The molecule has 71 heavy (non-hydrogen) atoms. The lowest BCUT2D eigenvalue weighted by molar-refractivity contribution is -0.198. The van der Waals surface area contributed by atoms with Gasteiger partial charge >= 0.3 is 11.9 Å². The highest BCUT2D eigenvalue weighted by Gasteiger charge is 2.46. The molecule has 0 bridgehead atoms. The Labute approximate surface area is 406 Å². The topological polar surface area (TPSA) is 364 Å². The lowest BCUT2D eigenvalue weighted by Gasteiger charge is -2.39. The molecule has 0 radical (unpaired) electrons. The van der Waals surface area contributed by atoms with Gasteiger partial charge in [-0.2, -0.15) is 5.06 Å². The summed E-state index contributed by atoms with van der Waals surface area (Å²) in [6.07, 6.45) is 3.06. The van der Waals surface area contributed by atoms with Crippen LogP contribution < -0.4 is 31.9 Å². The van der Waals surface area contributed by atoms with E-state index in [9.17, 15) is 67.4 Å². The highest BCUT2D eigenvalue weighted by Crippen LogP contribution is 2.22. The molecule has 2 saturated heterocycles. The van der Waals surface area contributed by atoms with Crippen LogP contribution in [-0.4, -0.2) is 197 Å². The van der Waals surface area contributed by atoms with Gasteiger partial charge in [-0.3, -0.25) is 62.5 Å². The number of hydrogen-bond acceptors (Lipinski definition) is 19. The van der Waals surface area contributed by atoms with Crippen LogP contribution in [0.25, 0.3) is 0 Å². The SMILES string of the molecule is CC(NC(=O)CCOCCNCC(C(C(=O)NCCOCCCC(=O)NC(C)C(=O)NC(C)C(=O)ON1C(=O)CCC1=O)N1C(=O)C=CC1O)N1C(=O)C=CC1=O)C(=O)NC(C)C(=O)ON1CCCC1=O. The number of hydroxylamine groups is 4. The monoisotopic (exact) mass is 1000 g/mol. The number of aliphatic hydroxyl groups is 1. The van der Waals surface area contributed by atoms with Crippen molar-refractivity contribution < 1.29 is 86.6 Å². The average Bonchev–Trinajstić information content (AvgIpc) is 4.07. The van der Waals surface area contributed by atoms with Gasteiger partial charge in [-0.05, 0) is 46.6 Å². The van der Waals surface area contributed by atoms with E-state index in [4.69, 9.17) is 19.1 Å². The molecule has 28 heteroatoms. The van der Waals surface area contributed by atoms with E-state index in [-0.39, 0.29) is 97.0 Å². The first-order chi connectivity index (χ1) is 33.7. The number of nitrogens with one attached hydrogen (secondary N) is 6. The maximum atomic E-state index is 13.8. The van der Waals surface area contributed by atoms with Crippen molar-refractivity contribution in [1.82, 2.24) is 51.8 Å². The lowest BCUT2D eigenvalue weighted by Crippen LogP contribution is -2.64. The van der Waals surface area contributed by atoms with Crippen LogP contribution in [0.5, 0.6) is 0 Å². The highest BCUT2D eigenvalue weighted by atomic mass is 16.7. The van der Waals surface area contributed by atoms with Gasteiger partial charge in [0, 0.05) is 76.6 Å². The Morgan fingerprint density at radius 3 is 1.76 bits per heavy atom. The molecule has 390 valence electrons. The highest BCUT2D eigenvalue weighted by molar-refractivity contribution is 6.13. The zero-order valence-electron chi connectivity index (χ0n) is 39.6. The number of carbonyl (C=O) groups is 13. The molecule has 4 aliphatic heterocycles. The molecule has 0 aromatic carbocycles. The molecule has 28 nitrogen and oxygen atoms in total. The molecule has 7 unspecified atom stereocenters. The van der Waals surface area contributed by atoms with E-state index >= 15 is 0 Å². The van der Waals surface area contributed by atoms with Gasteiger partial charge in [0.2, 0.25) is 35.4 Å². The second kappa shape index (κ2) is 27.3. The lowest BCUT2D eigenvalue weighted by atomic mass is 10.0. The van der Waals surface area contributed by atoms with Gasteiger partial charge in [-0.15, -0.1) is 5.06 Å². The fourth-order valence-corrected chi connectivity index (χ4v) is 7.08. The summed E-state index contributed by atoms with van der Waals surface area (Å²) in [5.74, 6) is -9.30. The van der Waals surface area contributed by atoms with Gasteiger partial charge in [0.05, 0.1) is 32.4 Å². The van der Waals surface area contributed by atoms with Crippen LogP contribution >= 0.6 is 0 Å². The zero-order valence-corrected chi connectivity index (χ0v) is 39.6. The summed E-state index contributed by atoms with van der Waals surface area (Å²) in [6, 6.07) is -7.46. The number of aliphatic hydroxyl groups excluding tert-OH is 1. The Hall–Kier alpha value is -7.17. The van der Waals surface area contributed by atoms with E-state index < -0.39 is 113 Å². The van der Waals surface area contributed by atoms with Crippen LogP contribution in [0.4, 0.5) is 0 Å². The van der Waals surface area contributed by atoms with Crippen LogP contribution in [0.15, 0.2) is 24.3 Å². The maximum absolute atomic E-state index is 13.8. The molecule has 0 aliphatic carbocycles. The fourth-order valence-electron chi connectivity index (χ4n) is 7.08. The Morgan fingerprint density at radius 1 is 0.634 bits per heavy atom. The van der Waals surface area contributed by atoms with Crippen molar-refractivity contribution in [2.75, 3.05) is 52.6 Å². The third kappa shape index (κ3) is 16.7. The molecule has 0 saturated carbocycles. The minimum atomic E-state index is -1.62. The minimum Gasteiger partial charge on any atom is -0.380 e. The van der Waals surface area contributed by atoms with Crippen LogP contribution in [0.3, 0.4) is 0 Å². The Morgan fingerprint density at radius 2 is 1.20 bits per heavy atom. The van der Waals surface area contributed by atoms with E-state index in [2.05, 4.69) is 31.9 Å². The van der Waals surface area contributed by atoms with E-state index in [1.807, 2.05) is 0 Å². The predicted octanol–water partition coefficient (Wildman–Crippen LogP) is -5.02. The number of ether oxygens (including phenoxy) is 2. The van der Waals surface area contributed by atoms with E-state index in [1.165, 1.54) is 27.7 Å². The van der Waals surface area contributed by atoms with Gasteiger partial charge in [-0.25, -0.2) is 9.59 Å². The molecule has 11 amide bonds. The minimum absolute atomic E-state index is 0.0155. The van der Waals surface area contributed by atoms with Gasteiger partial charge < -0.3 is 56.2 Å². The second-order valence-corrected chi connectivity index (χ2v) is 16.5. The van der Waals surface area contributed by atoms with Gasteiger partial charge in [0.15, 0.2) is 0 Å². The van der Waals surface area contributed by atoms with E-state index in [0.717, 1.165) is 39.2 Å². The summed E-state index contributed by atoms with van der Waals surface area (Å²) >= 11 is 0. The smallest absolute Gasteiger partial charge is 0.354 e. The van der Waals surface area contributed by atoms with E-state index in [1.54, 1.807) is 0 Å². The van der Waals surface area contributed by atoms with Crippen LogP contribution in [0.1, 0.15) is 72.6 Å². The number of rotatable bonds is 29.